The van der Waals surface area contributed by atoms with Crippen LogP contribution in [0, 0.1) is 0 Å². The van der Waals surface area contributed by atoms with E-state index in [9.17, 15) is 0 Å². The van der Waals surface area contributed by atoms with Crippen molar-refractivity contribution in [2.24, 2.45) is 11.6 Å². The van der Waals surface area contributed by atoms with Gasteiger partial charge in [0.25, 0.3) is 0 Å². The predicted octanol–water partition coefficient (Wildman–Crippen LogP) is 5.09. The maximum atomic E-state index is 6.54. The number of aromatic nitrogens is 2. The normalized spacial score (nSPS) is 11.8. The number of nitrogens with two attached hydrogens (primary N) is 2. The summed E-state index contributed by atoms with van der Waals surface area (Å²) in [5, 5.41) is 2.86. The molecule has 0 saturated heterocycles. The van der Waals surface area contributed by atoms with Gasteiger partial charge in [-0.05, 0) is 41.5 Å². The summed E-state index contributed by atoms with van der Waals surface area (Å²) >= 11 is 12.3. The van der Waals surface area contributed by atoms with E-state index in [1.807, 2.05) is 71.3 Å². The Labute approximate surface area is 196 Å². The van der Waals surface area contributed by atoms with Crippen LogP contribution in [-0.4, -0.2) is 21.5 Å². The van der Waals surface area contributed by atoms with E-state index in [0.29, 0.717) is 28.9 Å². The Balaban J connectivity index is 1.68. The van der Waals surface area contributed by atoms with Gasteiger partial charge in [0.15, 0.2) is 0 Å². The Morgan fingerprint density at radius 2 is 1.91 bits per heavy atom. The molecule has 2 heterocycles. The van der Waals surface area contributed by atoms with Gasteiger partial charge in [-0.15, -0.1) is 0 Å². The number of pyridine rings is 1. The van der Waals surface area contributed by atoms with Gasteiger partial charge in [-0.2, -0.15) is 0 Å². The van der Waals surface area contributed by atoms with E-state index >= 15 is 0 Å². The lowest BCUT2D eigenvalue weighted by atomic mass is 10.1. The van der Waals surface area contributed by atoms with Gasteiger partial charge in [-0.3, -0.25) is 4.40 Å². The Kier molecular flexibility index (Phi) is 6.67. The zero-order valence-corrected chi connectivity index (χ0v) is 19.0. The fourth-order valence-electron chi connectivity index (χ4n) is 3.57. The number of rotatable bonds is 7. The smallest absolute Gasteiger partial charge is 0.137 e. The van der Waals surface area contributed by atoms with Crippen LogP contribution >= 0.6 is 23.2 Å². The highest BCUT2D eigenvalue weighted by Gasteiger charge is 2.17. The first-order chi connectivity index (χ1) is 15.5. The fourth-order valence-corrected chi connectivity index (χ4v) is 3.87. The first kappa shape index (κ1) is 22.2. The molecule has 4 N–H and O–H groups in total. The Hall–Kier alpha value is -3.03. The van der Waals surface area contributed by atoms with Crippen molar-refractivity contribution < 1.29 is 4.74 Å². The monoisotopic (exact) mass is 467 g/mol. The van der Waals surface area contributed by atoms with Gasteiger partial charge < -0.3 is 15.5 Å². The number of hydrazine groups is 1. The van der Waals surface area contributed by atoms with E-state index in [2.05, 4.69) is 0 Å². The highest BCUT2D eigenvalue weighted by molar-refractivity contribution is 6.31. The SMILES string of the molecule is COCc1cc(CN(N)/C=C(\N)c2c(-c3ccc(Cl)cc3)nc3ccccn23)ccc1Cl. The fraction of sp³-hybridized carbons (Fsp3) is 0.125. The van der Waals surface area contributed by atoms with Crippen molar-refractivity contribution in [1.29, 1.82) is 0 Å². The maximum Gasteiger partial charge on any atom is 0.137 e. The lowest BCUT2D eigenvalue weighted by Crippen LogP contribution is -2.26. The Bertz CT molecular complexity index is 1270. The maximum absolute atomic E-state index is 6.54. The molecule has 32 heavy (non-hydrogen) atoms. The van der Waals surface area contributed by atoms with Crippen molar-refractivity contribution >= 4 is 34.5 Å². The van der Waals surface area contributed by atoms with Crippen LogP contribution in [0.2, 0.25) is 10.0 Å². The first-order valence-electron chi connectivity index (χ1n) is 9.94. The highest BCUT2D eigenvalue weighted by Crippen LogP contribution is 2.29. The minimum atomic E-state index is 0.432. The highest BCUT2D eigenvalue weighted by atomic mass is 35.5. The molecule has 0 spiro atoms. The number of halogens is 2. The number of hydrogen-bond donors (Lipinski definition) is 2. The second-order valence-corrected chi connectivity index (χ2v) is 8.20. The average Bonchev–Trinajstić information content (AvgIpc) is 3.16. The molecule has 4 aromatic rings. The lowest BCUT2D eigenvalue weighted by molar-refractivity contribution is 0.185. The number of ether oxygens (including phenoxy) is 1. The van der Waals surface area contributed by atoms with Crippen molar-refractivity contribution in [2.75, 3.05) is 7.11 Å². The van der Waals surface area contributed by atoms with Gasteiger partial charge in [0, 0.05) is 35.1 Å². The van der Waals surface area contributed by atoms with Gasteiger partial charge in [0.2, 0.25) is 0 Å². The van der Waals surface area contributed by atoms with Crippen LogP contribution in [0.4, 0.5) is 0 Å². The largest absolute Gasteiger partial charge is 0.396 e. The predicted molar refractivity (Wildman–Crippen MR) is 130 cm³/mol. The quantitative estimate of drug-likeness (QED) is 0.292. The van der Waals surface area contributed by atoms with Crippen molar-refractivity contribution in [3.05, 3.63) is 99.9 Å². The number of fused-ring (bicyclic) bond motifs is 1. The van der Waals surface area contributed by atoms with Crippen LogP contribution in [0.15, 0.2) is 73.1 Å². The Morgan fingerprint density at radius 1 is 1.12 bits per heavy atom. The molecule has 164 valence electrons. The molecule has 0 aliphatic rings. The molecule has 0 amide bonds. The molecule has 2 aromatic carbocycles. The zero-order chi connectivity index (χ0) is 22.7. The first-order valence-corrected chi connectivity index (χ1v) is 10.7. The molecule has 0 aliphatic heterocycles. The van der Waals surface area contributed by atoms with Crippen LogP contribution in [0.3, 0.4) is 0 Å². The third-order valence-electron chi connectivity index (χ3n) is 5.00. The van der Waals surface area contributed by atoms with Crippen LogP contribution in [-0.2, 0) is 17.9 Å². The van der Waals surface area contributed by atoms with Gasteiger partial charge in [0.05, 0.1) is 30.2 Å². The number of imidazole rings is 1. The molecule has 0 unspecified atom stereocenters. The summed E-state index contributed by atoms with van der Waals surface area (Å²) in [4.78, 5) is 4.78. The van der Waals surface area contributed by atoms with Gasteiger partial charge in [0.1, 0.15) is 5.65 Å². The van der Waals surface area contributed by atoms with Crippen LogP contribution in [0.25, 0.3) is 22.6 Å². The second-order valence-electron chi connectivity index (χ2n) is 7.36. The van der Waals surface area contributed by atoms with Crippen LogP contribution in [0.5, 0.6) is 0 Å². The van der Waals surface area contributed by atoms with Crippen molar-refractivity contribution in [3.8, 4) is 11.3 Å². The van der Waals surface area contributed by atoms with Crippen LogP contribution in [0.1, 0.15) is 16.8 Å². The van der Waals surface area contributed by atoms with E-state index < -0.39 is 0 Å². The summed E-state index contributed by atoms with van der Waals surface area (Å²) in [5.74, 6) is 6.29. The molecule has 0 radical (unpaired) electrons. The molecule has 0 aliphatic carbocycles. The van der Waals surface area contributed by atoms with Crippen LogP contribution < -0.4 is 11.6 Å². The summed E-state index contributed by atoms with van der Waals surface area (Å²) in [7, 11) is 1.63. The number of nitrogens with zero attached hydrogens (tertiary/aromatic N) is 3. The van der Waals surface area contributed by atoms with E-state index in [0.717, 1.165) is 33.7 Å². The average molecular weight is 468 g/mol. The minimum absolute atomic E-state index is 0.432. The molecule has 4 rings (SSSR count). The lowest BCUT2D eigenvalue weighted by Gasteiger charge is -2.17. The standard InChI is InChI=1S/C24H23Cl2N5O/c1-32-15-18-12-16(5-10-20(18)26)13-30(28)14-21(27)24-23(17-6-8-19(25)9-7-17)29-22-4-2-3-11-31(22)24/h2-12,14H,13,15,27-28H2,1H3/b21-14-. The summed E-state index contributed by atoms with van der Waals surface area (Å²) in [6.45, 7) is 0.878. The third kappa shape index (κ3) is 4.74. The summed E-state index contributed by atoms with van der Waals surface area (Å²) < 4.78 is 7.15. The van der Waals surface area contributed by atoms with E-state index in [4.69, 9.17) is 44.5 Å². The molecule has 0 saturated carbocycles. The molecular formula is C24H23Cl2N5O. The van der Waals surface area contributed by atoms with Crippen molar-refractivity contribution in [2.45, 2.75) is 13.2 Å². The molecule has 2 aromatic heterocycles. The van der Waals surface area contributed by atoms with Crippen molar-refractivity contribution in [1.82, 2.24) is 14.4 Å². The topological polar surface area (TPSA) is 81.8 Å². The van der Waals surface area contributed by atoms with Gasteiger partial charge in [-0.1, -0.05) is 53.5 Å². The van der Waals surface area contributed by atoms with E-state index in [-0.39, 0.29) is 0 Å². The second kappa shape index (κ2) is 9.63. The van der Waals surface area contributed by atoms with Gasteiger partial charge >= 0.3 is 0 Å². The Morgan fingerprint density at radius 3 is 2.66 bits per heavy atom. The number of hydrogen-bond acceptors (Lipinski definition) is 5. The molecule has 8 heteroatoms. The summed E-state index contributed by atoms with van der Waals surface area (Å²) in [5.41, 5.74) is 12.1. The van der Waals surface area contributed by atoms with Crippen molar-refractivity contribution in [3.63, 3.8) is 0 Å². The molecule has 6 nitrogen and oxygen atoms in total. The molecular weight excluding hydrogens is 445 g/mol. The summed E-state index contributed by atoms with van der Waals surface area (Å²) in [6, 6.07) is 19.1. The molecule has 0 fully saturated rings. The molecule has 0 atom stereocenters. The minimum Gasteiger partial charge on any atom is -0.396 e. The van der Waals surface area contributed by atoms with Gasteiger partial charge in [-0.25, -0.2) is 10.8 Å². The summed E-state index contributed by atoms with van der Waals surface area (Å²) in [6.07, 6.45) is 3.63. The molecule has 0 bridgehead atoms. The number of benzene rings is 2. The zero-order valence-electron chi connectivity index (χ0n) is 17.5. The van der Waals surface area contributed by atoms with E-state index in [1.165, 1.54) is 0 Å². The third-order valence-corrected chi connectivity index (χ3v) is 5.62. The van der Waals surface area contributed by atoms with E-state index in [1.54, 1.807) is 18.3 Å². The number of methoxy groups -OCH3 is 1.